The number of nitrogens with one attached hydrogen (secondary N) is 1. The number of aryl methyl sites for hydroxylation is 1. The maximum Gasteiger partial charge on any atom is 0.323 e. The van der Waals surface area contributed by atoms with Crippen LogP contribution >= 0.6 is 0 Å². The number of carboxylic acids is 1. The molecule has 0 bridgehead atoms. The number of hydrogen-bond donors (Lipinski definition) is 2. The van der Waals surface area contributed by atoms with Crippen LogP contribution in [0, 0.1) is 0 Å². The third kappa shape index (κ3) is 4.84. The summed E-state index contributed by atoms with van der Waals surface area (Å²) in [6, 6.07) is 10.1. The van der Waals surface area contributed by atoms with Gasteiger partial charge in [-0.15, -0.1) is 0 Å². The van der Waals surface area contributed by atoms with Crippen molar-refractivity contribution in [1.82, 2.24) is 4.90 Å². The number of amides is 2. The van der Waals surface area contributed by atoms with Gasteiger partial charge in [0.2, 0.25) is 5.91 Å². The SMILES string of the molecule is COc1cc(CN(CC(=O)O)C(=O)c2ccc3c(c2)CCC(=O)N3)cc(OC)c1. The summed E-state index contributed by atoms with van der Waals surface area (Å²) in [7, 11) is 3.04. The average molecular weight is 398 g/mol. The third-order valence-electron chi connectivity index (χ3n) is 4.65. The second kappa shape index (κ2) is 8.64. The molecular weight excluding hydrogens is 376 g/mol. The van der Waals surface area contributed by atoms with Gasteiger partial charge in [0.05, 0.1) is 14.2 Å². The maximum absolute atomic E-state index is 13.1. The van der Waals surface area contributed by atoms with Crippen LogP contribution in [0.3, 0.4) is 0 Å². The average Bonchev–Trinajstić information content (AvgIpc) is 2.71. The van der Waals surface area contributed by atoms with Crippen LogP contribution in [0.1, 0.15) is 27.9 Å². The van der Waals surface area contributed by atoms with Crippen molar-refractivity contribution in [3.8, 4) is 11.5 Å². The predicted octanol–water partition coefficient (Wildman–Crippen LogP) is 2.32. The number of nitrogens with zero attached hydrogens (tertiary/aromatic N) is 1. The highest BCUT2D eigenvalue weighted by Crippen LogP contribution is 2.26. The van der Waals surface area contributed by atoms with Crippen molar-refractivity contribution in [2.75, 3.05) is 26.1 Å². The van der Waals surface area contributed by atoms with Crippen LogP contribution < -0.4 is 14.8 Å². The maximum atomic E-state index is 13.1. The molecule has 29 heavy (non-hydrogen) atoms. The number of hydrogen-bond acceptors (Lipinski definition) is 5. The van der Waals surface area contributed by atoms with Crippen molar-refractivity contribution in [3.05, 3.63) is 53.1 Å². The van der Waals surface area contributed by atoms with Gasteiger partial charge in [-0.1, -0.05) is 0 Å². The molecule has 1 aliphatic heterocycles. The van der Waals surface area contributed by atoms with E-state index in [0.29, 0.717) is 41.2 Å². The fourth-order valence-corrected chi connectivity index (χ4v) is 3.24. The number of aliphatic carboxylic acids is 1. The summed E-state index contributed by atoms with van der Waals surface area (Å²) in [5.41, 5.74) is 2.59. The smallest absolute Gasteiger partial charge is 0.323 e. The van der Waals surface area contributed by atoms with Crippen molar-refractivity contribution in [1.29, 1.82) is 0 Å². The normalized spacial score (nSPS) is 12.6. The fourth-order valence-electron chi connectivity index (χ4n) is 3.24. The predicted molar refractivity (Wildman–Crippen MR) is 105 cm³/mol. The minimum absolute atomic E-state index is 0.0592. The first-order valence-corrected chi connectivity index (χ1v) is 9.05. The molecule has 0 saturated heterocycles. The Labute approximate surface area is 168 Å². The van der Waals surface area contributed by atoms with Crippen molar-refractivity contribution < 1.29 is 29.0 Å². The first-order chi connectivity index (χ1) is 13.9. The van der Waals surface area contributed by atoms with E-state index >= 15 is 0 Å². The van der Waals surface area contributed by atoms with Gasteiger partial charge in [-0.05, 0) is 47.9 Å². The van der Waals surface area contributed by atoms with E-state index < -0.39 is 18.4 Å². The van der Waals surface area contributed by atoms with Gasteiger partial charge in [0.1, 0.15) is 18.0 Å². The topological polar surface area (TPSA) is 105 Å². The van der Waals surface area contributed by atoms with Crippen LogP contribution in [0.4, 0.5) is 5.69 Å². The van der Waals surface area contributed by atoms with E-state index in [2.05, 4.69) is 5.32 Å². The molecular formula is C21H22N2O6. The van der Waals surface area contributed by atoms with E-state index in [0.717, 1.165) is 5.56 Å². The summed E-state index contributed by atoms with van der Waals surface area (Å²) in [5.74, 6) is -0.485. The molecule has 0 spiro atoms. The quantitative estimate of drug-likeness (QED) is 0.742. The van der Waals surface area contributed by atoms with Gasteiger partial charge in [-0.2, -0.15) is 0 Å². The van der Waals surface area contributed by atoms with Crippen molar-refractivity contribution >= 4 is 23.5 Å². The lowest BCUT2D eigenvalue weighted by molar-refractivity contribution is -0.137. The zero-order valence-corrected chi connectivity index (χ0v) is 16.2. The number of carboxylic acid groups (broad SMARTS) is 1. The van der Waals surface area contributed by atoms with Crippen molar-refractivity contribution in [2.24, 2.45) is 0 Å². The number of fused-ring (bicyclic) bond motifs is 1. The van der Waals surface area contributed by atoms with Gasteiger partial charge in [0, 0.05) is 30.3 Å². The summed E-state index contributed by atoms with van der Waals surface area (Å²) in [6.07, 6.45) is 0.890. The van der Waals surface area contributed by atoms with Gasteiger partial charge < -0.3 is 24.8 Å². The summed E-state index contributed by atoms with van der Waals surface area (Å²) in [4.78, 5) is 37.2. The molecule has 2 aromatic carbocycles. The molecule has 0 aliphatic carbocycles. The molecule has 0 aromatic heterocycles. The van der Waals surface area contributed by atoms with Crippen molar-refractivity contribution in [3.63, 3.8) is 0 Å². The number of carbonyl (C=O) groups is 3. The second-order valence-electron chi connectivity index (χ2n) is 6.70. The lowest BCUT2D eigenvalue weighted by atomic mass is 10.00. The molecule has 0 unspecified atom stereocenters. The van der Waals surface area contributed by atoms with Crippen LogP contribution in [0.15, 0.2) is 36.4 Å². The number of methoxy groups -OCH3 is 2. The van der Waals surface area contributed by atoms with Crippen molar-refractivity contribution in [2.45, 2.75) is 19.4 Å². The summed E-state index contributed by atoms with van der Waals surface area (Å²) in [6.45, 7) is -0.376. The second-order valence-corrected chi connectivity index (χ2v) is 6.70. The van der Waals surface area contributed by atoms with Crippen LogP contribution in [-0.2, 0) is 22.6 Å². The molecule has 2 amide bonds. The zero-order chi connectivity index (χ0) is 21.0. The number of rotatable bonds is 7. The Morgan fingerprint density at radius 3 is 2.38 bits per heavy atom. The van der Waals surface area contributed by atoms with Crippen LogP contribution in [0.5, 0.6) is 11.5 Å². The molecule has 0 atom stereocenters. The minimum Gasteiger partial charge on any atom is -0.497 e. The molecule has 3 rings (SSSR count). The number of benzene rings is 2. The highest BCUT2D eigenvalue weighted by molar-refractivity contribution is 5.98. The molecule has 0 fully saturated rings. The Morgan fingerprint density at radius 2 is 1.76 bits per heavy atom. The van der Waals surface area contributed by atoms with Gasteiger partial charge in [-0.25, -0.2) is 0 Å². The standard InChI is InChI=1S/C21H22N2O6/c1-28-16-7-13(8-17(10-16)29-2)11-23(12-20(25)26)21(27)15-3-5-18-14(9-15)4-6-19(24)22-18/h3,5,7-10H,4,6,11-12H2,1-2H3,(H,22,24)(H,25,26). The number of ether oxygens (including phenoxy) is 2. The Kier molecular flexibility index (Phi) is 6.01. The summed E-state index contributed by atoms with van der Waals surface area (Å²) in [5, 5.41) is 12.1. The lowest BCUT2D eigenvalue weighted by Gasteiger charge is -2.23. The largest absolute Gasteiger partial charge is 0.497 e. The molecule has 1 aliphatic rings. The van der Waals surface area contributed by atoms with Gasteiger partial charge in [0.25, 0.3) is 5.91 Å². The molecule has 0 radical (unpaired) electrons. The molecule has 2 N–H and O–H groups in total. The first-order valence-electron chi connectivity index (χ1n) is 9.05. The Hall–Kier alpha value is -3.55. The van der Waals surface area contributed by atoms with Gasteiger partial charge in [0.15, 0.2) is 0 Å². The van der Waals surface area contributed by atoms with E-state index in [4.69, 9.17) is 9.47 Å². The Morgan fingerprint density at radius 1 is 1.07 bits per heavy atom. The van der Waals surface area contributed by atoms with E-state index in [9.17, 15) is 19.5 Å². The first kappa shape index (κ1) is 20.2. The third-order valence-corrected chi connectivity index (χ3v) is 4.65. The molecule has 0 saturated carbocycles. The molecule has 2 aromatic rings. The Bertz CT molecular complexity index is 934. The highest BCUT2D eigenvalue weighted by atomic mass is 16.5. The lowest BCUT2D eigenvalue weighted by Crippen LogP contribution is -2.35. The van der Waals surface area contributed by atoms with E-state index in [1.165, 1.54) is 19.1 Å². The van der Waals surface area contributed by atoms with Crippen LogP contribution in [0.2, 0.25) is 0 Å². The number of carbonyl (C=O) groups excluding carboxylic acids is 2. The molecule has 8 nitrogen and oxygen atoms in total. The van der Waals surface area contributed by atoms with E-state index in [1.54, 1.807) is 36.4 Å². The number of anilines is 1. The molecule has 1 heterocycles. The van der Waals surface area contributed by atoms with E-state index in [1.807, 2.05) is 0 Å². The molecule has 8 heteroatoms. The monoisotopic (exact) mass is 398 g/mol. The highest BCUT2D eigenvalue weighted by Gasteiger charge is 2.22. The summed E-state index contributed by atoms with van der Waals surface area (Å²) >= 11 is 0. The van der Waals surface area contributed by atoms with E-state index in [-0.39, 0.29) is 12.5 Å². The molecule has 152 valence electrons. The van der Waals surface area contributed by atoms with Gasteiger partial charge >= 0.3 is 5.97 Å². The van der Waals surface area contributed by atoms with Crippen LogP contribution in [0.25, 0.3) is 0 Å². The minimum atomic E-state index is -1.11. The fraction of sp³-hybridized carbons (Fsp3) is 0.286. The van der Waals surface area contributed by atoms with Crippen LogP contribution in [-0.4, -0.2) is 48.6 Å². The van der Waals surface area contributed by atoms with Gasteiger partial charge in [-0.3, -0.25) is 14.4 Å². The summed E-state index contributed by atoms with van der Waals surface area (Å²) < 4.78 is 10.5. The zero-order valence-electron chi connectivity index (χ0n) is 16.2. The Balaban J connectivity index is 1.88.